The Hall–Kier alpha value is -1.03. The maximum atomic E-state index is 12.6. The van der Waals surface area contributed by atoms with Crippen molar-refractivity contribution in [3.8, 4) is 0 Å². The van der Waals surface area contributed by atoms with Gasteiger partial charge in [-0.2, -0.15) is 13.2 Å². The van der Waals surface area contributed by atoms with Gasteiger partial charge in [0.15, 0.2) is 5.96 Å². The highest BCUT2D eigenvalue weighted by atomic mass is 127. The molecule has 28 heavy (non-hydrogen) atoms. The molecule has 1 aliphatic heterocycles. The fraction of sp³-hybridized carbons (Fsp3) is 0.650. The van der Waals surface area contributed by atoms with Gasteiger partial charge in [-0.15, -0.1) is 24.0 Å². The molecule has 2 aliphatic rings. The minimum atomic E-state index is -4.30. The molecule has 0 radical (unpaired) electrons. The minimum absolute atomic E-state index is 0. The van der Waals surface area contributed by atoms with E-state index in [1.807, 2.05) is 6.92 Å². The number of ether oxygens (including phenoxy) is 1. The van der Waals surface area contributed by atoms with Crippen molar-refractivity contribution in [3.63, 3.8) is 0 Å². The molecule has 1 saturated heterocycles. The van der Waals surface area contributed by atoms with Crippen LogP contribution < -0.4 is 10.6 Å². The lowest BCUT2D eigenvalue weighted by molar-refractivity contribution is -0.137. The molecule has 1 aromatic rings. The number of alkyl halides is 3. The fourth-order valence-electron chi connectivity index (χ4n) is 4.24. The molecular formula is C20H29F3IN3O. The van der Waals surface area contributed by atoms with Crippen molar-refractivity contribution in [1.82, 2.24) is 10.6 Å². The molecule has 1 aromatic carbocycles. The number of rotatable bonds is 5. The zero-order chi connectivity index (χ0) is 19.7. The zero-order valence-electron chi connectivity index (χ0n) is 16.5. The summed E-state index contributed by atoms with van der Waals surface area (Å²) in [5.74, 6) is 1.27. The number of halogens is 4. The Bertz CT molecular complexity index is 676. The summed E-state index contributed by atoms with van der Waals surface area (Å²) in [6.45, 7) is 8.52. The molecule has 2 fully saturated rings. The van der Waals surface area contributed by atoms with E-state index in [0.29, 0.717) is 31.0 Å². The molecule has 1 saturated carbocycles. The molecule has 0 spiro atoms. The monoisotopic (exact) mass is 511 g/mol. The smallest absolute Gasteiger partial charge is 0.377 e. The first-order valence-electron chi connectivity index (χ1n) is 9.56. The van der Waals surface area contributed by atoms with Gasteiger partial charge in [0.25, 0.3) is 0 Å². The van der Waals surface area contributed by atoms with Crippen molar-refractivity contribution in [2.24, 2.45) is 16.3 Å². The van der Waals surface area contributed by atoms with E-state index >= 15 is 0 Å². The Morgan fingerprint density at radius 3 is 2.54 bits per heavy atom. The summed E-state index contributed by atoms with van der Waals surface area (Å²) in [6, 6.07) is 5.61. The molecule has 1 aliphatic carbocycles. The van der Waals surface area contributed by atoms with Gasteiger partial charge in [-0.1, -0.05) is 26.0 Å². The van der Waals surface area contributed by atoms with E-state index in [1.54, 1.807) is 0 Å². The molecule has 3 unspecified atom stereocenters. The second kappa shape index (κ2) is 9.19. The van der Waals surface area contributed by atoms with Gasteiger partial charge in [-0.25, -0.2) is 0 Å². The number of guanidine groups is 1. The Balaban J connectivity index is 0.00000280. The fourth-order valence-corrected chi connectivity index (χ4v) is 4.24. The second-order valence-corrected chi connectivity index (χ2v) is 7.89. The molecule has 8 heteroatoms. The predicted molar refractivity (Wildman–Crippen MR) is 115 cm³/mol. The Morgan fingerprint density at radius 2 is 1.93 bits per heavy atom. The molecule has 0 bridgehead atoms. The summed E-state index contributed by atoms with van der Waals surface area (Å²) in [7, 11) is 0. The summed E-state index contributed by atoms with van der Waals surface area (Å²) in [5.41, 5.74) is 0.284. The molecule has 1 heterocycles. The summed E-state index contributed by atoms with van der Waals surface area (Å²) in [5, 5.41) is 6.81. The van der Waals surface area contributed by atoms with E-state index < -0.39 is 11.7 Å². The van der Waals surface area contributed by atoms with Crippen LogP contribution in [0.15, 0.2) is 29.3 Å². The standard InChI is InChI=1S/C20H28F3N3O.HI/c1-4-24-18(26-16-15-10-12-27-17(15)19(16,2)3)25-11-9-13-5-7-14(8-6-13)20(21,22)23;/h5-8,15-17H,4,9-12H2,1-3H3,(H2,24,25,26);1H. The Morgan fingerprint density at radius 1 is 1.25 bits per heavy atom. The first-order valence-corrected chi connectivity index (χ1v) is 9.56. The molecule has 3 atom stereocenters. The molecule has 3 rings (SSSR count). The predicted octanol–water partition coefficient (Wildman–Crippen LogP) is 4.23. The van der Waals surface area contributed by atoms with Gasteiger partial charge in [-0.3, -0.25) is 4.99 Å². The number of fused-ring (bicyclic) bond motifs is 1. The number of nitrogens with zero attached hydrogens (tertiary/aromatic N) is 1. The quantitative estimate of drug-likeness (QED) is 0.354. The van der Waals surface area contributed by atoms with Crippen LogP contribution in [0.2, 0.25) is 0 Å². The molecule has 0 amide bonds. The van der Waals surface area contributed by atoms with E-state index in [1.165, 1.54) is 12.1 Å². The highest BCUT2D eigenvalue weighted by Crippen LogP contribution is 2.52. The van der Waals surface area contributed by atoms with Gasteiger partial charge in [0.1, 0.15) is 0 Å². The van der Waals surface area contributed by atoms with Crippen LogP contribution in [0.3, 0.4) is 0 Å². The van der Waals surface area contributed by atoms with Crippen LogP contribution in [0.1, 0.15) is 38.3 Å². The maximum Gasteiger partial charge on any atom is 0.416 e. The van der Waals surface area contributed by atoms with Crippen LogP contribution in [-0.4, -0.2) is 37.8 Å². The van der Waals surface area contributed by atoms with Gasteiger partial charge in [0.05, 0.1) is 11.7 Å². The average molecular weight is 511 g/mol. The van der Waals surface area contributed by atoms with Crippen LogP contribution in [0.4, 0.5) is 13.2 Å². The van der Waals surface area contributed by atoms with E-state index in [0.717, 1.165) is 43.2 Å². The molecule has 2 N–H and O–H groups in total. The van der Waals surface area contributed by atoms with Gasteiger partial charge < -0.3 is 15.4 Å². The van der Waals surface area contributed by atoms with Gasteiger partial charge in [0.2, 0.25) is 0 Å². The van der Waals surface area contributed by atoms with Crippen LogP contribution >= 0.6 is 24.0 Å². The highest BCUT2D eigenvalue weighted by molar-refractivity contribution is 14.0. The van der Waals surface area contributed by atoms with E-state index in [9.17, 15) is 13.2 Å². The topological polar surface area (TPSA) is 45.7 Å². The van der Waals surface area contributed by atoms with Crippen LogP contribution in [-0.2, 0) is 17.3 Å². The summed E-state index contributed by atoms with van der Waals surface area (Å²) in [6.07, 6.45) is -2.32. The summed E-state index contributed by atoms with van der Waals surface area (Å²) >= 11 is 0. The lowest BCUT2D eigenvalue weighted by Crippen LogP contribution is -2.68. The van der Waals surface area contributed by atoms with E-state index in [-0.39, 0.29) is 29.4 Å². The zero-order valence-corrected chi connectivity index (χ0v) is 18.8. The van der Waals surface area contributed by atoms with Crippen LogP contribution in [0.25, 0.3) is 0 Å². The van der Waals surface area contributed by atoms with E-state index in [2.05, 4.69) is 29.5 Å². The Labute approximate surface area is 181 Å². The molecule has 0 aromatic heterocycles. The minimum Gasteiger partial charge on any atom is -0.377 e. The molecule has 4 nitrogen and oxygen atoms in total. The van der Waals surface area contributed by atoms with E-state index in [4.69, 9.17) is 4.74 Å². The average Bonchev–Trinajstić information content (AvgIpc) is 3.06. The van der Waals surface area contributed by atoms with Crippen molar-refractivity contribution in [1.29, 1.82) is 0 Å². The first kappa shape index (κ1) is 23.3. The third-order valence-electron chi connectivity index (χ3n) is 5.69. The number of aliphatic imine (C=N–C) groups is 1. The summed E-state index contributed by atoms with van der Waals surface area (Å²) in [4.78, 5) is 4.61. The SMILES string of the molecule is CCNC(=NCCc1ccc(C(F)(F)F)cc1)NC1C2CCOC2C1(C)C.I. The van der Waals surface area contributed by atoms with Crippen LogP contribution in [0.5, 0.6) is 0 Å². The largest absolute Gasteiger partial charge is 0.416 e. The number of hydrogen-bond acceptors (Lipinski definition) is 2. The van der Waals surface area contributed by atoms with Gasteiger partial charge in [-0.05, 0) is 37.5 Å². The van der Waals surface area contributed by atoms with Gasteiger partial charge >= 0.3 is 6.18 Å². The van der Waals surface area contributed by atoms with Gasteiger partial charge in [0, 0.05) is 37.1 Å². The molecular weight excluding hydrogens is 482 g/mol. The van der Waals surface area contributed by atoms with Crippen molar-refractivity contribution in [2.45, 2.75) is 51.9 Å². The first-order chi connectivity index (χ1) is 12.7. The van der Waals surface area contributed by atoms with Crippen molar-refractivity contribution >= 4 is 29.9 Å². The molecule has 158 valence electrons. The normalized spacial score (nSPS) is 26.1. The van der Waals surface area contributed by atoms with Crippen molar-refractivity contribution in [2.75, 3.05) is 19.7 Å². The number of nitrogens with one attached hydrogen (secondary N) is 2. The highest BCUT2D eigenvalue weighted by Gasteiger charge is 2.59. The lowest BCUT2D eigenvalue weighted by Gasteiger charge is -2.54. The Kier molecular flexibility index (Phi) is 7.63. The third kappa shape index (κ3) is 4.93. The van der Waals surface area contributed by atoms with Crippen LogP contribution in [0, 0.1) is 11.3 Å². The second-order valence-electron chi connectivity index (χ2n) is 7.89. The lowest BCUT2D eigenvalue weighted by atomic mass is 9.57. The van der Waals surface area contributed by atoms with Crippen molar-refractivity contribution in [3.05, 3.63) is 35.4 Å². The number of benzene rings is 1. The maximum absolute atomic E-state index is 12.6. The third-order valence-corrected chi connectivity index (χ3v) is 5.69. The summed E-state index contributed by atoms with van der Waals surface area (Å²) < 4.78 is 43.7. The van der Waals surface area contributed by atoms with Crippen molar-refractivity contribution < 1.29 is 17.9 Å². The number of hydrogen-bond donors (Lipinski definition) is 2.